The maximum atomic E-state index is 12.9. The van der Waals surface area contributed by atoms with Crippen LogP contribution in [0.5, 0.6) is 0 Å². The molecule has 0 saturated heterocycles. The van der Waals surface area contributed by atoms with Crippen molar-refractivity contribution in [3.63, 3.8) is 0 Å². The maximum Gasteiger partial charge on any atom is 0.126 e. The third-order valence-corrected chi connectivity index (χ3v) is 2.17. The molecule has 72 valence electrons. The van der Waals surface area contributed by atoms with Gasteiger partial charge in [-0.1, -0.05) is 12.0 Å². The van der Waals surface area contributed by atoms with Gasteiger partial charge < -0.3 is 0 Å². The van der Waals surface area contributed by atoms with Crippen LogP contribution in [-0.2, 0) is 5.41 Å². The molecule has 0 aliphatic rings. The molecule has 0 spiro atoms. The smallest absolute Gasteiger partial charge is 0.126 e. The molecule has 0 heterocycles. The molecule has 0 saturated carbocycles. The van der Waals surface area contributed by atoms with Crippen molar-refractivity contribution in [2.45, 2.75) is 12.3 Å². The molecule has 1 atom stereocenters. The Labute approximate surface area is 82.3 Å². The summed E-state index contributed by atoms with van der Waals surface area (Å²) in [4.78, 5) is 0. The minimum atomic E-state index is -0.830. The predicted octanol–water partition coefficient (Wildman–Crippen LogP) is 3.04. The van der Waals surface area contributed by atoms with E-state index in [1.54, 1.807) is 6.92 Å². The van der Waals surface area contributed by atoms with Crippen molar-refractivity contribution in [3.8, 4) is 12.3 Å². The number of hydrogen-bond donors (Lipinski definition) is 0. The molecule has 0 N–H and O–H groups in total. The average molecular weight is 192 g/mol. The van der Waals surface area contributed by atoms with Crippen LogP contribution in [0.2, 0.25) is 0 Å². The van der Waals surface area contributed by atoms with E-state index in [0.29, 0.717) is 5.56 Å². The van der Waals surface area contributed by atoms with Gasteiger partial charge in [0.25, 0.3) is 0 Å². The molecule has 1 aromatic rings. The number of rotatable bonds is 2. The molecule has 1 rings (SSSR count). The van der Waals surface area contributed by atoms with E-state index >= 15 is 0 Å². The Morgan fingerprint density at radius 3 is 2.21 bits per heavy atom. The second kappa shape index (κ2) is 3.63. The van der Waals surface area contributed by atoms with Crippen molar-refractivity contribution in [2.24, 2.45) is 0 Å². The van der Waals surface area contributed by atoms with E-state index in [9.17, 15) is 8.78 Å². The van der Waals surface area contributed by atoms with Crippen LogP contribution in [0.4, 0.5) is 8.78 Å². The van der Waals surface area contributed by atoms with Gasteiger partial charge in [-0.3, -0.25) is 0 Å². The lowest BCUT2D eigenvalue weighted by Crippen LogP contribution is -2.16. The zero-order chi connectivity index (χ0) is 10.8. The summed E-state index contributed by atoms with van der Waals surface area (Å²) in [5.74, 6) is 1.18. The van der Waals surface area contributed by atoms with Gasteiger partial charge in [-0.2, -0.15) is 0 Å². The lowest BCUT2D eigenvalue weighted by Gasteiger charge is -2.19. The Kier molecular flexibility index (Phi) is 2.71. The topological polar surface area (TPSA) is 0 Å². The molecule has 0 aliphatic carbocycles. The zero-order valence-electron chi connectivity index (χ0n) is 7.85. The van der Waals surface area contributed by atoms with Gasteiger partial charge in [0.2, 0.25) is 0 Å². The van der Waals surface area contributed by atoms with Crippen molar-refractivity contribution in [2.75, 3.05) is 0 Å². The number of halogens is 2. The first-order chi connectivity index (χ1) is 6.51. The summed E-state index contributed by atoms with van der Waals surface area (Å²) in [6, 6.07) is 3.23. The minimum Gasteiger partial charge on any atom is -0.207 e. The summed E-state index contributed by atoms with van der Waals surface area (Å²) in [5.41, 5.74) is -0.435. The van der Waals surface area contributed by atoms with Crippen LogP contribution in [0.1, 0.15) is 12.5 Å². The molecule has 0 fully saturated rings. The first-order valence-corrected chi connectivity index (χ1v) is 4.10. The van der Waals surface area contributed by atoms with Gasteiger partial charge in [-0.05, 0) is 24.6 Å². The van der Waals surface area contributed by atoms with Crippen LogP contribution in [0.15, 0.2) is 30.9 Å². The van der Waals surface area contributed by atoms with Crippen LogP contribution < -0.4 is 0 Å². The second-order valence-electron chi connectivity index (χ2n) is 3.21. The Balaban J connectivity index is 3.32. The van der Waals surface area contributed by atoms with Gasteiger partial charge >= 0.3 is 0 Å². The molecule has 0 unspecified atom stereocenters. The molecule has 1 aromatic carbocycles. The predicted molar refractivity (Wildman–Crippen MR) is 52.7 cm³/mol. The number of allylic oxidation sites excluding steroid dienone is 1. The molecule has 0 nitrogen and oxygen atoms in total. The lowest BCUT2D eigenvalue weighted by atomic mass is 9.83. The third-order valence-electron chi connectivity index (χ3n) is 2.17. The van der Waals surface area contributed by atoms with Crippen LogP contribution in [0.25, 0.3) is 0 Å². The van der Waals surface area contributed by atoms with Crippen LogP contribution in [-0.4, -0.2) is 0 Å². The maximum absolute atomic E-state index is 12.9. The highest BCUT2D eigenvalue weighted by Crippen LogP contribution is 2.25. The fourth-order valence-electron chi connectivity index (χ4n) is 1.11. The number of terminal acetylenes is 1. The average Bonchev–Trinajstić information content (AvgIpc) is 2.15. The van der Waals surface area contributed by atoms with Gasteiger partial charge in [0.1, 0.15) is 11.6 Å². The Bertz CT molecular complexity index is 381. The highest BCUT2D eigenvalue weighted by atomic mass is 19.1. The van der Waals surface area contributed by atoms with E-state index in [1.165, 1.54) is 18.2 Å². The Morgan fingerprint density at radius 2 is 1.86 bits per heavy atom. The van der Waals surface area contributed by atoms with Crippen molar-refractivity contribution >= 4 is 0 Å². The van der Waals surface area contributed by atoms with Gasteiger partial charge in [-0.15, -0.1) is 13.0 Å². The van der Waals surface area contributed by atoms with E-state index < -0.39 is 17.0 Å². The van der Waals surface area contributed by atoms with Gasteiger partial charge in [0, 0.05) is 6.07 Å². The molecule has 0 bridgehead atoms. The van der Waals surface area contributed by atoms with Crippen molar-refractivity contribution in [3.05, 3.63) is 48.1 Å². The summed E-state index contributed by atoms with van der Waals surface area (Å²) in [7, 11) is 0. The van der Waals surface area contributed by atoms with Gasteiger partial charge in [-0.25, -0.2) is 8.78 Å². The van der Waals surface area contributed by atoms with E-state index in [1.807, 2.05) is 0 Å². The number of hydrogen-bond acceptors (Lipinski definition) is 0. The van der Waals surface area contributed by atoms with Crippen molar-refractivity contribution in [1.82, 2.24) is 0 Å². The summed E-state index contributed by atoms with van der Waals surface area (Å²) >= 11 is 0. The highest BCUT2D eigenvalue weighted by Gasteiger charge is 2.20. The molecule has 2 heteroatoms. The molecule has 0 amide bonds. The SMILES string of the molecule is C#C[C@](C)(C=C)c1cc(F)cc(F)c1. The molecule has 0 radical (unpaired) electrons. The molecule has 0 aliphatic heterocycles. The fourth-order valence-corrected chi connectivity index (χ4v) is 1.11. The van der Waals surface area contributed by atoms with E-state index in [0.717, 1.165) is 6.07 Å². The monoisotopic (exact) mass is 192 g/mol. The highest BCUT2D eigenvalue weighted by molar-refractivity contribution is 5.38. The lowest BCUT2D eigenvalue weighted by molar-refractivity contribution is 0.574. The van der Waals surface area contributed by atoms with Crippen LogP contribution in [0, 0.1) is 24.0 Å². The van der Waals surface area contributed by atoms with Crippen LogP contribution >= 0.6 is 0 Å². The van der Waals surface area contributed by atoms with Gasteiger partial charge in [0.15, 0.2) is 0 Å². The Morgan fingerprint density at radius 1 is 1.36 bits per heavy atom. The van der Waals surface area contributed by atoms with Crippen molar-refractivity contribution < 1.29 is 8.78 Å². The summed E-state index contributed by atoms with van der Waals surface area (Å²) < 4.78 is 25.8. The van der Waals surface area contributed by atoms with E-state index in [-0.39, 0.29) is 0 Å². The molecule has 0 aromatic heterocycles. The zero-order valence-corrected chi connectivity index (χ0v) is 7.85. The Hall–Kier alpha value is -1.62. The fraction of sp³-hybridized carbons (Fsp3) is 0.167. The van der Waals surface area contributed by atoms with E-state index in [2.05, 4.69) is 12.5 Å². The quantitative estimate of drug-likeness (QED) is 0.499. The minimum absolute atomic E-state index is 0.396. The normalized spacial score (nSPS) is 14.1. The van der Waals surface area contributed by atoms with Gasteiger partial charge in [0.05, 0.1) is 5.41 Å². The number of benzene rings is 1. The molecular weight excluding hydrogens is 182 g/mol. The second-order valence-corrected chi connectivity index (χ2v) is 3.21. The largest absolute Gasteiger partial charge is 0.207 e. The summed E-state index contributed by atoms with van der Waals surface area (Å²) in [6.07, 6.45) is 6.77. The first kappa shape index (κ1) is 10.5. The van der Waals surface area contributed by atoms with Crippen molar-refractivity contribution in [1.29, 1.82) is 0 Å². The first-order valence-electron chi connectivity index (χ1n) is 4.10. The molecular formula is C12H10F2. The third kappa shape index (κ3) is 1.82. The van der Waals surface area contributed by atoms with E-state index in [4.69, 9.17) is 6.42 Å². The summed E-state index contributed by atoms with van der Waals surface area (Å²) in [6.45, 7) is 5.23. The standard InChI is InChI=1S/C12H10F2/c1-4-12(3,5-2)9-6-10(13)8-11(14)7-9/h1,5-8H,2H2,3H3/t12-/m1/s1. The molecule has 14 heavy (non-hydrogen) atoms. The summed E-state index contributed by atoms with van der Waals surface area (Å²) in [5, 5.41) is 0. The van der Waals surface area contributed by atoms with Crippen LogP contribution in [0.3, 0.4) is 0 Å².